The molecule has 0 radical (unpaired) electrons. The normalized spacial score (nSPS) is 21.8. The molecule has 0 bridgehead atoms. The van der Waals surface area contributed by atoms with Crippen molar-refractivity contribution < 1.29 is 43.3 Å². The number of primary amides is 1. The lowest BCUT2D eigenvalue weighted by Gasteiger charge is -2.28. The van der Waals surface area contributed by atoms with Crippen molar-refractivity contribution in [3.8, 4) is 5.75 Å². The highest BCUT2D eigenvalue weighted by molar-refractivity contribution is 5.91. The van der Waals surface area contributed by atoms with E-state index in [-0.39, 0.29) is 24.8 Å². The number of alkyl carbamates (subject to hydrolysis) is 1. The molecule has 282 valence electrons. The second-order valence-corrected chi connectivity index (χ2v) is 15.0. The number of ether oxygens (including phenoxy) is 3. The van der Waals surface area contributed by atoms with Crippen LogP contribution in [0.15, 0.2) is 30.4 Å². The minimum Gasteiger partial charge on any atom is -0.492 e. The van der Waals surface area contributed by atoms with E-state index >= 15 is 0 Å². The Balaban J connectivity index is 1.31. The first-order valence-electron chi connectivity index (χ1n) is 18.0. The summed E-state index contributed by atoms with van der Waals surface area (Å²) in [5, 5.41) is 15.0. The van der Waals surface area contributed by atoms with Gasteiger partial charge in [-0.3, -0.25) is 19.3 Å². The first-order chi connectivity index (χ1) is 24.1. The van der Waals surface area contributed by atoms with Gasteiger partial charge in [-0.1, -0.05) is 44.9 Å². The van der Waals surface area contributed by atoms with Gasteiger partial charge in [-0.15, -0.1) is 0 Å². The van der Waals surface area contributed by atoms with Crippen LogP contribution in [0.1, 0.15) is 90.7 Å². The fourth-order valence-corrected chi connectivity index (χ4v) is 6.40. The number of nitrogens with zero attached hydrogens (tertiary/aromatic N) is 2. The van der Waals surface area contributed by atoms with Crippen LogP contribution in [0.2, 0.25) is 0 Å². The number of carbonyl (C=O) groups excluding carboxylic acids is 4. The van der Waals surface area contributed by atoms with Crippen molar-refractivity contribution in [1.29, 1.82) is 0 Å². The second-order valence-electron chi connectivity index (χ2n) is 15.0. The molecule has 1 unspecified atom stereocenters. The predicted molar refractivity (Wildman–Crippen MR) is 189 cm³/mol. The summed E-state index contributed by atoms with van der Waals surface area (Å²) in [6.45, 7) is 11.2. The molecular formula is C37H55N5O9. The van der Waals surface area contributed by atoms with Crippen molar-refractivity contribution in [3.63, 3.8) is 0 Å². The average Bonchev–Trinajstić information content (AvgIpc) is 3.50. The number of carboxylic acids is 1. The number of hydrogen-bond acceptors (Lipinski definition) is 9. The van der Waals surface area contributed by atoms with Crippen molar-refractivity contribution in [2.45, 2.75) is 122 Å². The highest BCUT2D eigenvalue weighted by Crippen LogP contribution is 2.39. The van der Waals surface area contributed by atoms with E-state index in [0.29, 0.717) is 45.0 Å². The van der Waals surface area contributed by atoms with Crippen LogP contribution >= 0.6 is 0 Å². The van der Waals surface area contributed by atoms with Gasteiger partial charge in [-0.05, 0) is 75.6 Å². The molecule has 4 rings (SSSR count). The monoisotopic (exact) mass is 713 g/mol. The van der Waals surface area contributed by atoms with Crippen LogP contribution in [-0.4, -0.2) is 94.4 Å². The number of nitrogens with two attached hydrogens (primary N) is 1. The Morgan fingerprint density at radius 1 is 1.06 bits per heavy atom. The van der Waals surface area contributed by atoms with E-state index in [1.807, 2.05) is 30.4 Å². The van der Waals surface area contributed by atoms with E-state index in [9.17, 15) is 24.0 Å². The molecule has 1 aliphatic carbocycles. The van der Waals surface area contributed by atoms with Crippen LogP contribution < -0.4 is 21.1 Å². The fourth-order valence-electron chi connectivity index (χ4n) is 6.40. The zero-order valence-electron chi connectivity index (χ0n) is 30.5. The number of allylic oxidation sites excluding steroid dienone is 2. The number of carbonyl (C=O) groups is 5. The third-order valence-corrected chi connectivity index (χ3v) is 9.12. The summed E-state index contributed by atoms with van der Waals surface area (Å²) in [4.78, 5) is 66.4. The molecule has 14 heteroatoms. The third kappa shape index (κ3) is 12.1. The summed E-state index contributed by atoms with van der Waals surface area (Å²) >= 11 is 0. The summed E-state index contributed by atoms with van der Waals surface area (Å²) in [5.74, 6) is -1.44. The standard InChI is InChI=1S/C37H55N5O9/c1-23(2)39-15-16-49-27-14-13-25-20-41(21-26(25)17-27)36(48)50-28-19-31(32(38)43)42(22-28)33(44)30(40-35(47)51-37(3,4)5)12-10-8-6-7-9-11-24-18-29(24)34(45)46/h9,11,13-14,17,23-24,28-31,39H,6-8,10,12,15-16,18-22H2,1-5H3,(H2,38,43)(H,40,47)(H,45,46)/b11-9-/t24-,28-,29+,30+,31?/m1/s1. The molecule has 3 aliphatic rings. The molecule has 2 heterocycles. The molecular weight excluding hydrogens is 658 g/mol. The number of rotatable bonds is 17. The quantitative estimate of drug-likeness (QED) is 0.135. The highest BCUT2D eigenvalue weighted by atomic mass is 16.6. The number of amides is 4. The molecule has 0 spiro atoms. The van der Waals surface area contributed by atoms with E-state index in [1.54, 1.807) is 25.7 Å². The Morgan fingerprint density at radius 2 is 1.80 bits per heavy atom. The summed E-state index contributed by atoms with van der Waals surface area (Å²) in [6, 6.07) is 4.11. The van der Waals surface area contributed by atoms with Gasteiger partial charge < -0.3 is 40.6 Å². The molecule has 4 amide bonds. The Kier molecular flexibility index (Phi) is 13.7. The Hall–Kier alpha value is -4.33. The van der Waals surface area contributed by atoms with Gasteiger partial charge in [0.25, 0.3) is 0 Å². The number of hydrogen-bond donors (Lipinski definition) is 4. The van der Waals surface area contributed by atoms with E-state index in [4.69, 9.17) is 25.1 Å². The van der Waals surface area contributed by atoms with Crippen molar-refractivity contribution in [2.75, 3.05) is 19.7 Å². The number of aliphatic carboxylic acids is 1. The summed E-state index contributed by atoms with van der Waals surface area (Å²) < 4.78 is 17.1. The molecule has 14 nitrogen and oxygen atoms in total. The van der Waals surface area contributed by atoms with E-state index in [1.165, 1.54) is 4.90 Å². The molecule has 1 aromatic rings. The minimum absolute atomic E-state index is 0.0445. The Morgan fingerprint density at radius 3 is 2.47 bits per heavy atom. The van der Waals surface area contributed by atoms with Gasteiger partial charge in [-0.25, -0.2) is 9.59 Å². The van der Waals surface area contributed by atoms with Crippen LogP contribution in [0.3, 0.4) is 0 Å². The molecule has 1 saturated carbocycles. The van der Waals surface area contributed by atoms with Crippen LogP contribution in [0.4, 0.5) is 9.59 Å². The second kappa shape index (κ2) is 17.7. The van der Waals surface area contributed by atoms with Crippen molar-refractivity contribution in [2.24, 2.45) is 17.6 Å². The zero-order chi connectivity index (χ0) is 37.3. The number of likely N-dealkylation sites (tertiary alicyclic amines) is 1. The topological polar surface area (TPSA) is 190 Å². The summed E-state index contributed by atoms with van der Waals surface area (Å²) in [6.07, 6.45) is 5.85. The molecule has 0 aromatic heterocycles. The van der Waals surface area contributed by atoms with E-state index < -0.39 is 53.8 Å². The lowest BCUT2D eigenvalue weighted by atomic mass is 10.0. The van der Waals surface area contributed by atoms with Crippen LogP contribution in [0.5, 0.6) is 5.75 Å². The SMILES string of the molecule is CC(C)NCCOc1ccc2c(c1)CN(C(=O)O[C@@H]1CC(C(N)=O)N(C(=O)[C@H](CCCCC/C=C\[C@@H]3C[C@@H]3C(=O)O)NC(=O)OC(C)(C)C)C1)C2. The van der Waals surface area contributed by atoms with Crippen LogP contribution in [0, 0.1) is 11.8 Å². The molecule has 5 N–H and O–H groups in total. The fraction of sp³-hybridized carbons (Fsp3) is 0.649. The smallest absolute Gasteiger partial charge is 0.410 e. The first kappa shape index (κ1) is 39.5. The predicted octanol–water partition coefficient (Wildman–Crippen LogP) is 4.09. The summed E-state index contributed by atoms with van der Waals surface area (Å²) in [5.41, 5.74) is 6.88. The van der Waals surface area contributed by atoms with Gasteiger partial charge in [0.2, 0.25) is 11.8 Å². The Bertz CT molecular complexity index is 1440. The molecule has 51 heavy (non-hydrogen) atoms. The maximum atomic E-state index is 13.9. The van der Waals surface area contributed by atoms with Crippen molar-refractivity contribution >= 4 is 30.0 Å². The van der Waals surface area contributed by atoms with Crippen molar-refractivity contribution in [3.05, 3.63) is 41.5 Å². The van der Waals surface area contributed by atoms with Crippen LogP contribution in [0.25, 0.3) is 0 Å². The van der Waals surface area contributed by atoms with Gasteiger partial charge in [0.15, 0.2) is 0 Å². The van der Waals surface area contributed by atoms with Gasteiger partial charge in [0.1, 0.15) is 36.1 Å². The third-order valence-electron chi connectivity index (χ3n) is 9.12. The molecule has 2 aliphatic heterocycles. The number of carboxylic acid groups (broad SMARTS) is 1. The summed E-state index contributed by atoms with van der Waals surface area (Å²) in [7, 11) is 0. The Labute approximate surface area is 300 Å². The number of unbranched alkanes of at least 4 members (excludes halogenated alkanes) is 3. The lowest BCUT2D eigenvalue weighted by Crippen LogP contribution is -2.53. The molecule has 1 saturated heterocycles. The molecule has 1 aromatic carbocycles. The number of benzene rings is 1. The number of nitrogens with one attached hydrogen (secondary N) is 2. The minimum atomic E-state index is -1.01. The highest BCUT2D eigenvalue weighted by Gasteiger charge is 2.44. The maximum absolute atomic E-state index is 13.9. The van der Waals surface area contributed by atoms with Gasteiger partial charge in [0, 0.05) is 32.1 Å². The number of fused-ring (bicyclic) bond motifs is 1. The molecule has 5 atom stereocenters. The van der Waals surface area contributed by atoms with E-state index in [2.05, 4.69) is 24.5 Å². The lowest BCUT2D eigenvalue weighted by molar-refractivity contribution is -0.139. The zero-order valence-corrected chi connectivity index (χ0v) is 30.5. The maximum Gasteiger partial charge on any atom is 0.410 e. The average molecular weight is 714 g/mol. The van der Waals surface area contributed by atoms with Crippen molar-refractivity contribution in [1.82, 2.24) is 20.4 Å². The van der Waals surface area contributed by atoms with Gasteiger partial charge in [-0.2, -0.15) is 0 Å². The van der Waals surface area contributed by atoms with Gasteiger partial charge >= 0.3 is 18.2 Å². The van der Waals surface area contributed by atoms with E-state index in [0.717, 1.165) is 42.7 Å². The van der Waals surface area contributed by atoms with Gasteiger partial charge in [0.05, 0.1) is 12.5 Å². The molecule has 2 fully saturated rings. The largest absolute Gasteiger partial charge is 0.492 e. The van der Waals surface area contributed by atoms with Crippen LogP contribution in [-0.2, 0) is 36.9 Å². The first-order valence-corrected chi connectivity index (χ1v) is 18.0.